The predicted molar refractivity (Wildman–Crippen MR) is 41.5 cm³/mol. The van der Waals surface area contributed by atoms with Crippen molar-refractivity contribution in [2.75, 3.05) is 14.2 Å². The molecule has 0 saturated heterocycles. The van der Waals surface area contributed by atoms with Crippen molar-refractivity contribution in [3.63, 3.8) is 0 Å². The molecule has 0 aliphatic heterocycles. The minimum atomic E-state index is -0.472. The molecule has 0 aromatic rings. The third-order valence-electron chi connectivity index (χ3n) is 1.55. The molecule has 0 atom stereocenters. The highest BCUT2D eigenvalue weighted by molar-refractivity contribution is 6.15. The van der Waals surface area contributed by atoms with Gasteiger partial charge in [0.15, 0.2) is 5.41 Å². The molecule has 0 aromatic carbocycles. The molecule has 0 unspecified atom stereocenters. The zero-order valence-electron chi connectivity index (χ0n) is 6.52. The van der Waals surface area contributed by atoms with E-state index in [2.05, 4.69) is 6.58 Å². The second kappa shape index (κ2) is 3.15. The Morgan fingerprint density at radius 1 is 1.44 bits per heavy atom. The summed E-state index contributed by atoms with van der Waals surface area (Å²) < 4.78 is 10.2. The normalized spacial score (nSPS) is 11.9. The van der Waals surface area contributed by atoms with Crippen molar-refractivity contribution in [3.05, 3.63) is 12.2 Å². The van der Waals surface area contributed by atoms with Crippen molar-refractivity contribution in [1.82, 2.24) is 0 Å². The number of ether oxygens (including phenoxy) is 2. The topological polar surface area (TPSA) is 18.5 Å². The molecule has 0 bridgehead atoms. The van der Waals surface area contributed by atoms with Crippen LogP contribution in [0.15, 0.2) is 12.2 Å². The third-order valence-corrected chi connectivity index (χ3v) is 3.22. The molecular weight excluding hydrogens is 132 g/mol. The van der Waals surface area contributed by atoms with Crippen molar-refractivity contribution in [1.29, 1.82) is 0 Å². The standard InChI is InChI=1S/C6H14O2Si/c1-5(2)6(9,7-3)8-4/h1H2,2-4,9H3. The molecule has 0 heterocycles. The van der Waals surface area contributed by atoms with Gasteiger partial charge in [0.25, 0.3) is 0 Å². The quantitative estimate of drug-likeness (QED) is 0.314. The van der Waals surface area contributed by atoms with E-state index in [1.165, 1.54) is 0 Å². The maximum absolute atomic E-state index is 5.09. The Morgan fingerprint density at radius 2 is 1.78 bits per heavy atom. The lowest BCUT2D eigenvalue weighted by Crippen LogP contribution is -2.34. The largest absolute Gasteiger partial charge is 0.354 e. The van der Waals surface area contributed by atoms with Crippen LogP contribution in [0.4, 0.5) is 0 Å². The molecule has 0 fully saturated rings. The highest BCUT2D eigenvalue weighted by Gasteiger charge is 2.22. The first-order valence-electron chi connectivity index (χ1n) is 2.83. The Kier molecular flexibility index (Phi) is 3.11. The third kappa shape index (κ3) is 1.93. The zero-order chi connectivity index (χ0) is 7.49. The number of hydrogen-bond donors (Lipinski definition) is 0. The average molecular weight is 146 g/mol. The summed E-state index contributed by atoms with van der Waals surface area (Å²) in [5.74, 6) is 0. The van der Waals surface area contributed by atoms with E-state index in [-0.39, 0.29) is 0 Å². The van der Waals surface area contributed by atoms with E-state index >= 15 is 0 Å². The number of rotatable bonds is 3. The summed E-state index contributed by atoms with van der Waals surface area (Å²) in [6, 6.07) is 0. The van der Waals surface area contributed by atoms with E-state index in [9.17, 15) is 0 Å². The molecule has 0 aliphatic rings. The fraction of sp³-hybridized carbons (Fsp3) is 0.667. The Morgan fingerprint density at radius 3 is 1.78 bits per heavy atom. The highest BCUT2D eigenvalue weighted by Crippen LogP contribution is 2.14. The molecule has 0 rings (SSSR count). The first kappa shape index (κ1) is 8.88. The van der Waals surface area contributed by atoms with Crippen molar-refractivity contribution in [3.8, 4) is 0 Å². The van der Waals surface area contributed by atoms with Crippen LogP contribution in [-0.2, 0) is 9.47 Å². The maximum atomic E-state index is 5.09. The summed E-state index contributed by atoms with van der Waals surface area (Å²) in [5.41, 5.74) is 0.458. The molecule has 0 N–H and O–H groups in total. The lowest BCUT2D eigenvalue weighted by atomic mass is 10.3. The maximum Gasteiger partial charge on any atom is 0.161 e. The molecule has 9 heavy (non-hydrogen) atoms. The van der Waals surface area contributed by atoms with Gasteiger partial charge >= 0.3 is 0 Å². The van der Waals surface area contributed by atoms with Gasteiger partial charge in [0.1, 0.15) is 0 Å². The molecule has 54 valence electrons. The van der Waals surface area contributed by atoms with E-state index in [1.807, 2.05) is 6.92 Å². The summed E-state index contributed by atoms with van der Waals surface area (Å²) in [6.45, 7) is 5.66. The van der Waals surface area contributed by atoms with E-state index in [0.717, 1.165) is 15.8 Å². The van der Waals surface area contributed by atoms with E-state index < -0.39 is 5.41 Å². The van der Waals surface area contributed by atoms with Crippen LogP contribution in [0.5, 0.6) is 0 Å². The Hall–Kier alpha value is -0.123. The van der Waals surface area contributed by atoms with Crippen LogP contribution >= 0.6 is 0 Å². The van der Waals surface area contributed by atoms with E-state index in [1.54, 1.807) is 14.2 Å². The second-order valence-corrected chi connectivity index (χ2v) is 3.45. The number of methoxy groups -OCH3 is 2. The van der Waals surface area contributed by atoms with Crippen LogP contribution < -0.4 is 0 Å². The van der Waals surface area contributed by atoms with Gasteiger partial charge in [-0.1, -0.05) is 6.58 Å². The molecule has 0 amide bonds. The average Bonchev–Trinajstić information content (AvgIpc) is 1.86. The summed E-state index contributed by atoms with van der Waals surface area (Å²) >= 11 is 0. The SMILES string of the molecule is C=C(C)C([SiH3])(OC)OC. The van der Waals surface area contributed by atoms with Crippen molar-refractivity contribution < 1.29 is 9.47 Å². The monoisotopic (exact) mass is 146 g/mol. The highest BCUT2D eigenvalue weighted by atomic mass is 28.1. The minimum absolute atomic E-state index is 0.472. The summed E-state index contributed by atoms with van der Waals surface area (Å²) in [4.78, 5) is 0. The van der Waals surface area contributed by atoms with Crippen LogP contribution in [0.25, 0.3) is 0 Å². The van der Waals surface area contributed by atoms with Gasteiger partial charge in [0, 0.05) is 14.2 Å². The molecule has 0 spiro atoms. The van der Waals surface area contributed by atoms with Crippen molar-refractivity contribution in [2.24, 2.45) is 0 Å². The first-order valence-corrected chi connectivity index (χ1v) is 3.83. The van der Waals surface area contributed by atoms with Gasteiger partial charge < -0.3 is 9.47 Å². The van der Waals surface area contributed by atoms with Crippen LogP contribution in [0.1, 0.15) is 6.92 Å². The molecule has 0 aromatic heterocycles. The van der Waals surface area contributed by atoms with Crippen LogP contribution in [0.2, 0.25) is 0 Å². The molecule has 3 heteroatoms. The molecule has 0 aliphatic carbocycles. The Bertz CT molecular complexity index is 108. The van der Waals surface area contributed by atoms with Crippen LogP contribution in [-0.4, -0.2) is 29.9 Å². The van der Waals surface area contributed by atoms with Gasteiger partial charge in [-0.3, -0.25) is 0 Å². The first-order chi connectivity index (χ1) is 4.06. The molecule has 0 radical (unpaired) electrons. The van der Waals surface area contributed by atoms with Gasteiger partial charge in [-0.25, -0.2) is 0 Å². The van der Waals surface area contributed by atoms with Crippen molar-refractivity contribution >= 4 is 10.2 Å². The summed E-state index contributed by atoms with van der Waals surface area (Å²) in [6.07, 6.45) is 0. The smallest absolute Gasteiger partial charge is 0.161 e. The van der Waals surface area contributed by atoms with Gasteiger partial charge in [0.05, 0.1) is 10.2 Å². The molecular formula is C6H14O2Si. The molecule has 2 nitrogen and oxygen atoms in total. The Balaban J connectivity index is 4.09. The summed E-state index contributed by atoms with van der Waals surface area (Å²) in [7, 11) is 4.07. The lowest BCUT2D eigenvalue weighted by Gasteiger charge is -2.26. The van der Waals surface area contributed by atoms with Crippen molar-refractivity contribution in [2.45, 2.75) is 12.3 Å². The van der Waals surface area contributed by atoms with Gasteiger partial charge in [-0.05, 0) is 12.5 Å². The van der Waals surface area contributed by atoms with E-state index in [0.29, 0.717) is 0 Å². The van der Waals surface area contributed by atoms with Crippen LogP contribution in [0, 0.1) is 0 Å². The predicted octanol–water partition coefficient (Wildman–Crippen LogP) is -0.126. The van der Waals surface area contributed by atoms with E-state index in [4.69, 9.17) is 9.47 Å². The lowest BCUT2D eigenvalue weighted by molar-refractivity contribution is -0.113. The zero-order valence-corrected chi connectivity index (χ0v) is 8.52. The van der Waals surface area contributed by atoms with Crippen LogP contribution in [0.3, 0.4) is 0 Å². The fourth-order valence-corrected chi connectivity index (χ4v) is 0.432. The minimum Gasteiger partial charge on any atom is -0.354 e. The van der Waals surface area contributed by atoms with Gasteiger partial charge in [-0.2, -0.15) is 0 Å². The molecule has 0 saturated carbocycles. The van der Waals surface area contributed by atoms with Gasteiger partial charge in [-0.15, -0.1) is 0 Å². The second-order valence-electron chi connectivity index (χ2n) is 2.13. The number of hydrogen-bond acceptors (Lipinski definition) is 2. The van der Waals surface area contributed by atoms with Gasteiger partial charge in [0.2, 0.25) is 0 Å². The summed E-state index contributed by atoms with van der Waals surface area (Å²) in [5, 5.41) is 0. The fourth-order valence-electron chi connectivity index (χ4n) is 0.432. The Labute approximate surface area is 59.3 Å².